The molecule has 7 heteroatoms. The number of para-hydroxylation sites is 2. The third-order valence-corrected chi connectivity index (χ3v) is 4.41. The van der Waals surface area contributed by atoms with E-state index < -0.39 is 0 Å². The van der Waals surface area contributed by atoms with Crippen molar-refractivity contribution in [3.05, 3.63) is 40.4 Å². The Balaban J connectivity index is 2.21. The highest BCUT2D eigenvalue weighted by molar-refractivity contribution is 9.10. The molecular weight excluding hydrogens is 374 g/mol. The van der Waals surface area contributed by atoms with Crippen LogP contribution in [0.5, 0.6) is 11.5 Å². The summed E-state index contributed by atoms with van der Waals surface area (Å²) in [5.41, 5.74) is 14.9. The summed E-state index contributed by atoms with van der Waals surface area (Å²) in [5.74, 6) is 1.27. The van der Waals surface area contributed by atoms with E-state index in [1.807, 2.05) is 24.3 Å². The van der Waals surface area contributed by atoms with Gasteiger partial charge < -0.3 is 31.0 Å². The van der Waals surface area contributed by atoms with Crippen LogP contribution in [0.1, 0.15) is 5.56 Å². The molecule has 0 amide bonds. The first-order valence-corrected chi connectivity index (χ1v) is 8.22. The largest absolute Gasteiger partial charge is 0.494 e. The Kier molecular flexibility index (Phi) is 6.57. The summed E-state index contributed by atoms with van der Waals surface area (Å²) >= 11 is 3.53. The van der Waals surface area contributed by atoms with Gasteiger partial charge >= 0.3 is 0 Å². The van der Waals surface area contributed by atoms with Gasteiger partial charge in [-0.3, -0.25) is 0 Å². The molecular formula is C17H22BrN3O3. The van der Waals surface area contributed by atoms with E-state index in [9.17, 15) is 0 Å². The molecule has 24 heavy (non-hydrogen) atoms. The van der Waals surface area contributed by atoms with E-state index in [0.717, 1.165) is 15.7 Å². The Morgan fingerprint density at radius 2 is 1.88 bits per heavy atom. The minimum atomic E-state index is 0.313. The predicted molar refractivity (Wildman–Crippen MR) is 101 cm³/mol. The van der Waals surface area contributed by atoms with E-state index in [1.54, 1.807) is 20.3 Å². The van der Waals surface area contributed by atoms with Gasteiger partial charge in [0.1, 0.15) is 23.8 Å². The van der Waals surface area contributed by atoms with Gasteiger partial charge in [-0.25, -0.2) is 0 Å². The number of nitrogens with two attached hydrogens (primary N) is 2. The summed E-state index contributed by atoms with van der Waals surface area (Å²) in [6.45, 7) is 1.51. The molecule has 0 fully saturated rings. The molecule has 130 valence electrons. The van der Waals surface area contributed by atoms with E-state index in [-0.39, 0.29) is 0 Å². The Morgan fingerprint density at radius 1 is 1.12 bits per heavy atom. The van der Waals surface area contributed by atoms with Crippen molar-refractivity contribution in [2.24, 2.45) is 0 Å². The lowest BCUT2D eigenvalue weighted by molar-refractivity contribution is 0.210. The maximum Gasteiger partial charge on any atom is 0.144 e. The van der Waals surface area contributed by atoms with Crippen LogP contribution in [0.2, 0.25) is 0 Å². The maximum atomic E-state index is 6.23. The molecule has 0 unspecified atom stereocenters. The summed E-state index contributed by atoms with van der Waals surface area (Å²) in [4.78, 5) is 0. The summed E-state index contributed by atoms with van der Waals surface area (Å²) in [7, 11) is 3.25. The number of nitrogens with one attached hydrogen (secondary N) is 1. The Morgan fingerprint density at radius 3 is 2.54 bits per heavy atom. The van der Waals surface area contributed by atoms with E-state index in [1.165, 1.54) is 0 Å². The van der Waals surface area contributed by atoms with Gasteiger partial charge in [0.15, 0.2) is 0 Å². The number of ether oxygens (including phenoxy) is 3. The Bertz CT molecular complexity index is 695. The first-order valence-electron chi connectivity index (χ1n) is 7.43. The zero-order chi connectivity index (χ0) is 17.5. The highest BCUT2D eigenvalue weighted by Gasteiger charge is 2.15. The fourth-order valence-corrected chi connectivity index (χ4v) is 2.63. The first kappa shape index (κ1) is 18.2. The minimum absolute atomic E-state index is 0.313. The van der Waals surface area contributed by atoms with Crippen LogP contribution >= 0.6 is 15.9 Å². The molecule has 2 aromatic rings. The molecule has 0 saturated carbocycles. The van der Waals surface area contributed by atoms with Crippen molar-refractivity contribution in [2.75, 3.05) is 44.2 Å². The summed E-state index contributed by atoms with van der Waals surface area (Å²) in [6.07, 6.45) is 0. The molecule has 0 aliphatic heterocycles. The normalized spacial score (nSPS) is 10.5. The first-order chi connectivity index (χ1) is 11.6. The number of benzene rings is 2. The van der Waals surface area contributed by atoms with Crippen LogP contribution in [-0.2, 0) is 11.3 Å². The molecule has 2 rings (SSSR count). The minimum Gasteiger partial charge on any atom is -0.494 e. The van der Waals surface area contributed by atoms with Gasteiger partial charge in [0, 0.05) is 23.7 Å². The smallest absolute Gasteiger partial charge is 0.144 e. The molecule has 6 nitrogen and oxygen atoms in total. The van der Waals surface area contributed by atoms with Crippen molar-refractivity contribution in [2.45, 2.75) is 6.61 Å². The molecule has 0 saturated heterocycles. The second-order valence-corrected chi connectivity index (χ2v) is 5.88. The van der Waals surface area contributed by atoms with Crippen molar-refractivity contribution >= 4 is 33.0 Å². The van der Waals surface area contributed by atoms with Crippen LogP contribution in [0.4, 0.5) is 17.1 Å². The van der Waals surface area contributed by atoms with Crippen LogP contribution in [0.3, 0.4) is 0 Å². The Labute approximate surface area is 150 Å². The molecule has 0 atom stereocenters. The molecule has 0 radical (unpaired) electrons. The van der Waals surface area contributed by atoms with Gasteiger partial charge in [-0.15, -0.1) is 0 Å². The second-order valence-electron chi connectivity index (χ2n) is 5.09. The zero-order valence-corrected chi connectivity index (χ0v) is 15.4. The van der Waals surface area contributed by atoms with Crippen molar-refractivity contribution in [1.82, 2.24) is 0 Å². The van der Waals surface area contributed by atoms with E-state index in [0.29, 0.717) is 42.6 Å². The van der Waals surface area contributed by atoms with Gasteiger partial charge in [-0.05, 0) is 34.1 Å². The van der Waals surface area contributed by atoms with Gasteiger partial charge in [0.25, 0.3) is 0 Å². The lowest BCUT2D eigenvalue weighted by Gasteiger charge is -2.18. The lowest BCUT2D eigenvalue weighted by atomic mass is 10.1. The zero-order valence-electron chi connectivity index (χ0n) is 13.8. The van der Waals surface area contributed by atoms with Crippen molar-refractivity contribution < 1.29 is 14.2 Å². The molecule has 0 aliphatic rings. The predicted octanol–water partition coefficient (Wildman–Crippen LogP) is 3.26. The van der Waals surface area contributed by atoms with E-state index in [4.69, 9.17) is 25.7 Å². The highest BCUT2D eigenvalue weighted by atomic mass is 79.9. The van der Waals surface area contributed by atoms with Crippen molar-refractivity contribution in [1.29, 1.82) is 0 Å². The summed E-state index contributed by atoms with van der Waals surface area (Å²) < 4.78 is 17.0. The van der Waals surface area contributed by atoms with E-state index in [2.05, 4.69) is 21.2 Å². The fraction of sp³-hybridized carbons (Fsp3) is 0.294. The van der Waals surface area contributed by atoms with Crippen LogP contribution in [0, 0.1) is 0 Å². The second kappa shape index (κ2) is 8.65. The molecule has 0 aromatic heterocycles. The lowest BCUT2D eigenvalue weighted by Crippen LogP contribution is -2.12. The SMILES string of the molecule is COCCNc1c(OC)cc(COc2ccccc2N)c(Br)c1N. The summed E-state index contributed by atoms with van der Waals surface area (Å²) in [6, 6.07) is 9.24. The average molecular weight is 396 g/mol. The molecule has 0 spiro atoms. The molecule has 0 bridgehead atoms. The average Bonchev–Trinajstić information content (AvgIpc) is 2.59. The number of anilines is 3. The maximum absolute atomic E-state index is 6.23. The van der Waals surface area contributed by atoms with Crippen LogP contribution in [-0.4, -0.2) is 27.4 Å². The van der Waals surface area contributed by atoms with Crippen molar-refractivity contribution in [3.8, 4) is 11.5 Å². The topological polar surface area (TPSA) is 91.8 Å². The molecule has 5 N–H and O–H groups in total. The molecule has 0 aliphatic carbocycles. The standard InChI is InChI=1S/C17H22BrN3O3/c1-22-8-7-21-17-14(23-2)9-11(15(18)16(17)20)10-24-13-6-4-3-5-12(13)19/h3-6,9,21H,7-8,10,19-20H2,1-2H3. The van der Waals surface area contributed by atoms with E-state index >= 15 is 0 Å². The summed E-state index contributed by atoms with van der Waals surface area (Å²) in [5, 5.41) is 3.22. The quantitative estimate of drug-likeness (QED) is 0.469. The number of nitrogen functional groups attached to an aromatic ring is 2. The van der Waals surface area contributed by atoms with Crippen LogP contribution in [0.25, 0.3) is 0 Å². The number of hydrogen-bond acceptors (Lipinski definition) is 6. The van der Waals surface area contributed by atoms with Crippen LogP contribution < -0.4 is 26.3 Å². The monoisotopic (exact) mass is 395 g/mol. The fourth-order valence-electron chi connectivity index (χ4n) is 2.20. The molecule has 0 heterocycles. The van der Waals surface area contributed by atoms with Crippen LogP contribution in [0.15, 0.2) is 34.8 Å². The molecule has 2 aromatic carbocycles. The van der Waals surface area contributed by atoms with Gasteiger partial charge in [-0.1, -0.05) is 12.1 Å². The number of rotatable bonds is 8. The number of hydrogen-bond donors (Lipinski definition) is 3. The third kappa shape index (κ3) is 4.24. The number of methoxy groups -OCH3 is 2. The van der Waals surface area contributed by atoms with Gasteiger partial charge in [0.05, 0.1) is 25.1 Å². The van der Waals surface area contributed by atoms with Gasteiger partial charge in [0.2, 0.25) is 0 Å². The van der Waals surface area contributed by atoms with Crippen molar-refractivity contribution in [3.63, 3.8) is 0 Å². The van der Waals surface area contributed by atoms with Gasteiger partial charge in [-0.2, -0.15) is 0 Å². The highest BCUT2D eigenvalue weighted by Crippen LogP contribution is 2.39. The third-order valence-electron chi connectivity index (χ3n) is 3.47. The number of halogens is 1. The Hall–Kier alpha value is -2.12.